The summed E-state index contributed by atoms with van der Waals surface area (Å²) >= 11 is 0. The Labute approximate surface area is 99.0 Å². The molecule has 1 rings (SSSR count). The second-order valence-corrected chi connectivity index (χ2v) is 4.65. The second kappa shape index (κ2) is 6.21. The summed E-state index contributed by atoms with van der Waals surface area (Å²) in [6, 6.07) is 0.413. The number of amides is 1. The summed E-state index contributed by atoms with van der Waals surface area (Å²) in [4.78, 5) is 15.9. The molecule has 2 unspecified atom stereocenters. The van der Waals surface area contributed by atoms with Crippen LogP contribution in [0.5, 0.6) is 0 Å². The van der Waals surface area contributed by atoms with E-state index in [4.69, 9.17) is 0 Å². The quantitative estimate of drug-likeness (QED) is 0.719. The van der Waals surface area contributed by atoms with E-state index in [9.17, 15) is 4.79 Å². The number of hydrogen-bond acceptors (Lipinski definition) is 3. The van der Waals surface area contributed by atoms with Crippen LogP contribution < -0.4 is 5.32 Å². The van der Waals surface area contributed by atoms with Crippen molar-refractivity contribution in [2.75, 3.05) is 33.2 Å². The van der Waals surface area contributed by atoms with Crippen molar-refractivity contribution in [2.24, 2.45) is 0 Å². The van der Waals surface area contributed by atoms with Crippen LogP contribution in [0.15, 0.2) is 0 Å². The van der Waals surface area contributed by atoms with Gasteiger partial charge in [0.25, 0.3) is 0 Å². The van der Waals surface area contributed by atoms with Crippen molar-refractivity contribution in [3.05, 3.63) is 0 Å². The lowest BCUT2D eigenvalue weighted by atomic mass is 10.2. The molecule has 1 fully saturated rings. The maximum Gasteiger partial charge on any atom is 0.239 e. The molecule has 4 heteroatoms. The highest BCUT2D eigenvalue weighted by Gasteiger charge is 2.29. The SMILES string of the molecule is CCN(CC)CC(C)NC1CCN(C)C1=O. The predicted octanol–water partition coefficient (Wildman–Crippen LogP) is 0.537. The van der Waals surface area contributed by atoms with Gasteiger partial charge < -0.3 is 15.1 Å². The number of nitrogens with zero attached hydrogens (tertiary/aromatic N) is 2. The summed E-state index contributed by atoms with van der Waals surface area (Å²) in [5, 5.41) is 3.43. The molecule has 0 bridgehead atoms. The van der Waals surface area contributed by atoms with E-state index < -0.39 is 0 Å². The molecular formula is C12H25N3O. The minimum atomic E-state index is 0.0376. The topological polar surface area (TPSA) is 35.6 Å². The lowest BCUT2D eigenvalue weighted by Crippen LogP contribution is -2.46. The summed E-state index contributed by atoms with van der Waals surface area (Å²) in [5.41, 5.74) is 0. The van der Waals surface area contributed by atoms with E-state index >= 15 is 0 Å². The Morgan fingerprint density at radius 1 is 1.50 bits per heavy atom. The molecule has 1 aliphatic heterocycles. The first-order chi connectivity index (χ1) is 7.58. The molecule has 0 aromatic carbocycles. The van der Waals surface area contributed by atoms with Crippen LogP contribution in [-0.4, -0.2) is 61.0 Å². The molecule has 0 saturated carbocycles. The molecule has 16 heavy (non-hydrogen) atoms. The van der Waals surface area contributed by atoms with Crippen molar-refractivity contribution in [2.45, 2.75) is 39.3 Å². The van der Waals surface area contributed by atoms with Crippen LogP contribution in [0.4, 0.5) is 0 Å². The molecule has 4 nitrogen and oxygen atoms in total. The molecule has 1 amide bonds. The van der Waals surface area contributed by atoms with Crippen LogP contribution in [0.1, 0.15) is 27.2 Å². The summed E-state index contributed by atoms with van der Waals surface area (Å²) < 4.78 is 0. The molecule has 1 saturated heterocycles. The lowest BCUT2D eigenvalue weighted by molar-refractivity contribution is -0.128. The summed E-state index contributed by atoms with van der Waals surface area (Å²) in [5.74, 6) is 0.242. The summed E-state index contributed by atoms with van der Waals surface area (Å²) in [6.45, 7) is 10.5. The van der Waals surface area contributed by atoms with Gasteiger partial charge in [0.2, 0.25) is 5.91 Å². The Morgan fingerprint density at radius 3 is 2.56 bits per heavy atom. The number of rotatable bonds is 6. The summed E-state index contributed by atoms with van der Waals surface area (Å²) in [7, 11) is 1.87. The van der Waals surface area contributed by atoms with E-state index in [-0.39, 0.29) is 11.9 Å². The fourth-order valence-electron chi connectivity index (χ4n) is 2.24. The first-order valence-electron chi connectivity index (χ1n) is 6.31. The fraction of sp³-hybridized carbons (Fsp3) is 0.917. The Morgan fingerprint density at radius 2 is 2.12 bits per heavy atom. The number of hydrogen-bond donors (Lipinski definition) is 1. The van der Waals surface area contributed by atoms with Gasteiger partial charge in [0.15, 0.2) is 0 Å². The van der Waals surface area contributed by atoms with Crippen LogP contribution >= 0.6 is 0 Å². The van der Waals surface area contributed by atoms with E-state index in [1.54, 1.807) is 0 Å². The number of likely N-dealkylation sites (tertiary alicyclic amines) is 1. The zero-order chi connectivity index (χ0) is 12.1. The minimum Gasteiger partial charge on any atom is -0.344 e. The van der Waals surface area contributed by atoms with Crippen molar-refractivity contribution in [3.63, 3.8) is 0 Å². The predicted molar refractivity (Wildman–Crippen MR) is 66.4 cm³/mol. The largest absolute Gasteiger partial charge is 0.344 e. The van der Waals surface area contributed by atoms with E-state index in [0.717, 1.165) is 32.6 Å². The third-order valence-electron chi connectivity index (χ3n) is 3.34. The van der Waals surface area contributed by atoms with E-state index in [1.807, 2.05) is 11.9 Å². The monoisotopic (exact) mass is 227 g/mol. The van der Waals surface area contributed by atoms with E-state index in [1.165, 1.54) is 0 Å². The van der Waals surface area contributed by atoms with Gasteiger partial charge in [-0.25, -0.2) is 0 Å². The molecule has 0 spiro atoms. The Bertz CT molecular complexity index is 228. The van der Waals surface area contributed by atoms with Gasteiger partial charge in [-0.3, -0.25) is 4.79 Å². The number of likely N-dealkylation sites (N-methyl/N-ethyl adjacent to an activating group) is 2. The van der Waals surface area contributed by atoms with Crippen molar-refractivity contribution < 1.29 is 4.79 Å². The van der Waals surface area contributed by atoms with Gasteiger partial charge in [-0.1, -0.05) is 13.8 Å². The zero-order valence-electron chi connectivity index (χ0n) is 11.0. The molecule has 0 aromatic heterocycles. The second-order valence-electron chi connectivity index (χ2n) is 4.65. The first kappa shape index (κ1) is 13.5. The Kier molecular flexibility index (Phi) is 5.22. The molecule has 1 heterocycles. The summed E-state index contributed by atoms with van der Waals surface area (Å²) in [6.07, 6.45) is 0.942. The number of nitrogens with one attached hydrogen (secondary N) is 1. The highest BCUT2D eigenvalue weighted by molar-refractivity contribution is 5.83. The number of carbonyl (C=O) groups excluding carboxylic acids is 1. The standard InChI is InChI=1S/C12H25N3O/c1-5-15(6-2)9-10(3)13-11-7-8-14(4)12(11)16/h10-11,13H,5-9H2,1-4H3. The van der Waals surface area contributed by atoms with Crippen molar-refractivity contribution in [3.8, 4) is 0 Å². The van der Waals surface area contributed by atoms with Crippen molar-refractivity contribution in [1.29, 1.82) is 0 Å². The van der Waals surface area contributed by atoms with Gasteiger partial charge in [-0.15, -0.1) is 0 Å². The molecule has 94 valence electrons. The molecular weight excluding hydrogens is 202 g/mol. The molecule has 0 radical (unpaired) electrons. The van der Waals surface area contributed by atoms with E-state index in [0.29, 0.717) is 6.04 Å². The highest BCUT2D eigenvalue weighted by atomic mass is 16.2. The van der Waals surface area contributed by atoms with Gasteiger partial charge in [0, 0.05) is 26.2 Å². The van der Waals surface area contributed by atoms with Crippen molar-refractivity contribution >= 4 is 5.91 Å². The van der Waals surface area contributed by atoms with Crippen LogP contribution in [0, 0.1) is 0 Å². The first-order valence-corrected chi connectivity index (χ1v) is 6.31. The zero-order valence-corrected chi connectivity index (χ0v) is 11.0. The Hall–Kier alpha value is -0.610. The molecule has 0 aliphatic carbocycles. The third-order valence-corrected chi connectivity index (χ3v) is 3.34. The minimum absolute atomic E-state index is 0.0376. The van der Waals surface area contributed by atoms with Crippen LogP contribution in [0.2, 0.25) is 0 Å². The molecule has 1 N–H and O–H groups in total. The molecule has 0 aromatic rings. The van der Waals surface area contributed by atoms with Crippen LogP contribution in [0.3, 0.4) is 0 Å². The molecule has 2 atom stereocenters. The average Bonchev–Trinajstić information content (AvgIpc) is 2.58. The lowest BCUT2D eigenvalue weighted by Gasteiger charge is -2.25. The normalized spacial score (nSPS) is 23.2. The fourth-order valence-corrected chi connectivity index (χ4v) is 2.24. The average molecular weight is 227 g/mol. The van der Waals surface area contributed by atoms with Gasteiger partial charge >= 0.3 is 0 Å². The molecule has 1 aliphatic rings. The van der Waals surface area contributed by atoms with Gasteiger partial charge in [-0.05, 0) is 26.4 Å². The Balaban J connectivity index is 2.34. The van der Waals surface area contributed by atoms with Gasteiger partial charge in [0.05, 0.1) is 6.04 Å². The van der Waals surface area contributed by atoms with Gasteiger partial charge in [0.1, 0.15) is 0 Å². The maximum atomic E-state index is 11.7. The smallest absolute Gasteiger partial charge is 0.239 e. The van der Waals surface area contributed by atoms with Crippen LogP contribution in [-0.2, 0) is 4.79 Å². The van der Waals surface area contributed by atoms with Crippen LogP contribution in [0.25, 0.3) is 0 Å². The van der Waals surface area contributed by atoms with E-state index in [2.05, 4.69) is 31.0 Å². The number of carbonyl (C=O) groups is 1. The maximum absolute atomic E-state index is 11.7. The highest BCUT2D eigenvalue weighted by Crippen LogP contribution is 2.09. The third kappa shape index (κ3) is 3.46. The van der Waals surface area contributed by atoms with Gasteiger partial charge in [-0.2, -0.15) is 0 Å². The van der Waals surface area contributed by atoms with Crippen molar-refractivity contribution in [1.82, 2.24) is 15.1 Å².